The van der Waals surface area contributed by atoms with E-state index in [9.17, 15) is 14.0 Å². The highest BCUT2D eigenvalue weighted by Gasteiger charge is 2.27. The molecule has 1 aliphatic heterocycles. The Morgan fingerprint density at radius 1 is 0.973 bits per heavy atom. The van der Waals surface area contributed by atoms with E-state index in [2.05, 4.69) is 27.2 Å². The SMILES string of the molecule is CCC(C)CN(CC(=O)N1CCN(c2ccc(-c3ccc(C)cc3)nn2)CC1)C(=O)c1ccccc1F. The summed E-state index contributed by atoms with van der Waals surface area (Å²) in [7, 11) is 0. The van der Waals surface area contributed by atoms with Crippen LogP contribution in [-0.2, 0) is 4.79 Å². The van der Waals surface area contributed by atoms with Gasteiger partial charge in [0.2, 0.25) is 5.91 Å². The van der Waals surface area contributed by atoms with Crippen molar-refractivity contribution in [3.05, 3.63) is 77.6 Å². The first-order valence-corrected chi connectivity index (χ1v) is 12.8. The zero-order chi connectivity index (χ0) is 26.4. The molecule has 0 N–H and O–H groups in total. The third kappa shape index (κ3) is 6.50. The monoisotopic (exact) mass is 503 g/mol. The van der Waals surface area contributed by atoms with Gasteiger partial charge >= 0.3 is 0 Å². The molecule has 0 spiro atoms. The second kappa shape index (κ2) is 12.0. The number of halogens is 1. The van der Waals surface area contributed by atoms with Gasteiger partial charge in [0.25, 0.3) is 5.91 Å². The van der Waals surface area contributed by atoms with Crippen molar-refractivity contribution in [1.82, 2.24) is 20.0 Å². The topological polar surface area (TPSA) is 69.6 Å². The second-order valence-corrected chi connectivity index (χ2v) is 9.69. The highest BCUT2D eigenvalue weighted by Crippen LogP contribution is 2.20. The van der Waals surface area contributed by atoms with Gasteiger partial charge in [0, 0.05) is 38.3 Å². The molecular weight excluding hydrogens is 469 g/mol. The fourth-order valence-electron chi connectivity index (χ4n) is 4.35. The Labute approximate surface area is 217 Å². The molecule has 1 fully saturated rings. The molecule has 0 saturated carbocycles. The fourth-order valence-corrected chi connectivity index (χ4v) is 4.35. The number of aromatic nitrogens is 2. The van der Waals surface area contributed by atoms with Gasteiger partial charge in [-0.1, -0.05) is 62.2 Å². The van der Waals surface area contributed by atoms with E-state index in [4.69, 9.17) is 0 Å². The molecule has 3 aromatic rings. The van der Waals surface area contributed by atoms with E-state index in [-0.39, 0.29) is 23.9 Å². The van der Waals surface area contributed by atoms with E-state index in [1.165, 1.54) is 22.6 Å². The summed E-state index contributed by atoms with van der Waals surface area (Å²) in [6.07, 6.45) is 0.859. The number of anilines is 1. The third-order valence-corrected chi connectivity index (χ3v) is 6.90. The molecule has 1 aliphatic rings. The van der Waals surface area contributed by atoms with E-state index in [1.807, 2.05) is 45.0 Å². The Hall–Kier alpha value is -3.81. The maximum absolute atomic E-state index is 14.3. The van der Waals surface area contributed by atoms with Gasteiger partial charge in [-0.2, -0.15) is 0 Å². The van der Waals surface area contributed by atoms with Gasteiger partial charge in [-0.25, -0.2) is 4.39 Å². The van der Waals surface area contributed by atoms with Crippen molar-refractivity contribution < 1.29 is 14.0 Å². The molecule has 8 heteroatoms. The number of benzene rings is 2. The summed E-state index contributed by atoms with van der Waals surface area (Å²) < 4.78 is 14.3. The van der Waals surface area contributed by atoms with Crippen LogP contribution in [0.15, 0.2) is 60.7 Å². The number of hydrogen-bond donors (Lipinski definition) is 0. The number of piperazine rings is 1. The summed E-state index contributed by atoms with van der Waals surface area (Å²) in [6.45, 7) is 8.72. The Balaban J connectivity index is 1.37. The van der Waals surface area contributed by atoms with Crippen molar-refractivity contribution in [1.29, 1.82) is 0 Å². The van der Waals surface area contributed by atoms with E-state index in [0.29, 0.717) is 32.7 Å². The minimum atomic E-state index is -0.572. The molecular formula is C29H34FN5O2. The zero-order valence-corrected chi connectivity index (χ0v) is 21.7. The molecule has 2 aromatic carbocycles. The van der Waals surface area contributed by atoms with Gasteiger partial charge < -0.3 is 14.7 Å². The quantitative estimate of drug-likeness (QED) is 0.455. The number of rotatable bonds is 8. The minimum Gasteiger partial charge on any atom is -0.352 e. The number of hydrogen-bond acceptors (Lipinski definition) is 5. The molecule has 37 heavy (non-hydrogen) atoms. The third-order valence-electron chi connectivity index (χ3n) is 6.90. The van der Waals surface area contributed by atoms with Gasteiger partial charge in [0.1, 0.15) is 12.4 Å². The van der Waals surface area contributed by atoms with Crippen LogP contribution in [0.3, 0.4) is 0 Å². The molecule has 0 bridgehead atoms. The summed E-state index contributed by atoms with van der Waals surface area (Å²) in [5.41, 5.74) is 3.03. The first-order chi connectivity index (χ1) is 17.9. The molecule has 2 amide bonds. The smallest absolute Gasteiger partial charge is 0.257 e. The van der Waals surface area contributed by atoms with Gasteiger partial charge in [-0.15, -0.1) is 10.2 Å². The van der Waals surface area contributed by atoms with Crippen LogP contribution in [0.2, 0.25) is 0 Å². The van der Waals surface area contributed by atoms with Gasteiger partial charge in [-0.05, 0) is 37.1 Å². The van der Waals surface area contributed by atoms with Crippen LogP contribution in [0, 0.1) is 18.7 Å². The first kappa shape index (κ1) is 26.3. The van der Waals surface area contributed by atoms with E-state index in [0.717, 1.165) is 23.5 Å². The van der Waals surface area contributed by atoms with E-state index in [1.54, 1.807) is 17.0 Å². The van der Waals surface area contributed by atoms with Crippen molar-refractivity contribution in [2.45, 2.75) is 27.2 Å². The van der Waals surface area contributed by atoms with E-state index < -0.39 is 11.7 Å². The molecule has 4 rings (SSSR count). The van der Waals surface area contributed by atoms with Gasteiger partial charge in [0.05, 0.1) is 11.3 Å². The molecule has 7 nitrogen and oxygen atoms in total. The van der Waals surface area contributed by atoms with Crippen LogP contribution in [0.4, 0.5) is 10.2 Å². The summed E-state index contributed by atoms with van der Waals surface area (Å²) >= 11 is 0. The Bertz CT molecular complexity index is 1210. The highest BCUT2D eigenvalue weighted by molar-refractivity contribution is 5.96. The molecule has 2 heterocycles. The van der Waals surface area contributed by atoms with Gasteiger partial charge in [0.15, 0.2) is 5.82 Å². The molecule has 1 atom stereocenters. The summed E-state index contributed by atoms with van der Waals surface area (Å²) in [4.78, 5) is 31.6. The van der Waals surface area contributed by atoms with Crippen LogP contribution >= 0.6 is 0 Å². The average Bonchev–Trinajstić information content (AvgIpc) is 2.93. The predicted molar refractivity (Wildman–Crippen MR) is 143 cm³/mol. The summed E-state index contributed by atoms with van der Waals surface area (Å²) in [6, 6.07) is 18.0. The number of nitrogens with zero attached hydrogens (tertiary/aromatic N) is 5. The maximum Gasteiger partial charge on any atom is 0.257 e. The molecule has 1 aromatic heterocycles. The molecule has 1 saturated heterocycles. The lowest BCUT2D eigenvalue weighted by atomic mass is 10.1. The lowest BCUT2D eigenvalue weighted by molar-refractivity contribution is -0.132. The van der Waals surface area contributed by atoms with E-state index >= 15 is 0 Å². The normalized spacial score (nSPS) is 14.4. The maximum atomic E-state index is 14.3. The lowest BCUT2D eigenvalue weighted by Crippen LogP contribution is -2.52. The molecule has 194 valence electrons. The van der Waals surface area contributed by atoms with Crippen molar-refractivity contribution in [3.63, 3.8) is 0 Å². The minimum absolute atomic E-state index is 0.00363. The first-order valence-electron chi connectivity index (χ1n) is 12.8. The van der Waals surface area contributed by atoms with Crippen LogP contribution in [0.1, 0.15) is 36.2 Å². The largest absolute Gasteiger partial charge is 0.352 e. The van der Waals surface area contributed by atoms with Crippen molar-refractivity contribution in [2.75, 3.05) is 44.2 Å². The fraction of sp³-hybridized carbons (Fsp3) is 0.379. The van der Waals surface area contributed by atoms with Gasteiger partial charge in [-0.3, -0.25) is 9.59 Å². The standard InChI is InChI=1S/C29H34FN5O2/c1-4-21(2)19-35(29(37)24-7-5-6-8-25(24)30)20-28(36)34-17-15-33(16-18-34)27-14-13-26(31-32-27)23-11-9-22(3)10-12-23/h5-14,21H,4,15-20H2,1-3H3. The number of carbonyl (C=O) groups is 2. The average molecular weight is 504 g/mol. The molecule has 1 unspecified atom stereocenters. The molecule has 0 aliphatic carbocycles. The predicted octanol–water partition coefficient (Wildman–Crippen LogP) is 4.43. The number of carbonyl (C=O) groups excluding carboxylic acids is 2. The summed E-state index contributed by atoms with van der Waals surface area (Å²) in [5.74, 6) is -0.182. The van der Waals surface area contributed by atoms with Crippen molar-refractivity contribution in [3.8, 4) is 11.3 Å². The van der Waals surface area contributed by atoms with Crippen LogP contribution in [0.5, 0.6) is 0 Å². The number of aryl methyl sites for hydroxylation is 1. The van der Waals surface area contributed by atoms with Crippen LogP contribution in [0.25, 0.3) is 11.3 Å². The van der Waals surface area contributed by atoms with Crippen molar-refractivity contribution >= 4 is 17.6 Å². The zero-order valence-electron chi connectivity index (χ0n) is 21.7. The number of amides is 2. The second-order valence-electron chi connectivity index (χ2n) is 9.69. The Morgan fingerprint density at radius 2 is 1.68 bits per heavy atom. The van der Waals surface area contributed by atoms with Crippen molar-refractivity contribution in [2.24, 2.45) is 5.92 Å². The lowest BCUT2D eigenvalue weighted by Gasteiger charge is -2.36. The Kier molecular flexibility index (Phi) is 8.48. The Morgan fingerprint density at radius 3 is 2.30 bits per heavy atom. The molecule has 0 radical (unpaired) electrons. The summed E-state index contributed by atoms with van der Waals surface area (Å²) in [5, 5.41) is 8.80. The van der Waals surface area contributed by atoms with Crippen LogP contribution in [-0.4, -0.2) is 71.1 Å². The van der Waals surface area contributed by atoms with Crippen LogP contribution < -0.4 is 4.90 Å². The highest BCUT2D eigenvalue weighted by atomic mass is 19.1.